The van der Waals surface area contributed by atoms with Crippen LogP contribution in [0.1, 0.15) is 12.5 Å². The van der Waals surface area contributed by atoms with Gasteiger partial charge in [-0.25, -0.2) is 0 Å². The SMILES string of the molecule is Cc1cc(I)ccc1NC(=O)C(C)C1CNC1. The summed E-state index contributed by atoms with van der Waals surface area (Å²) in [6, 6.07) is 6.06. The summed E-state index contributed by atoms with van der Waals surface area (Å²) in [5, 5.41) is 6.21. The molecule has 0 aromatic heterocycles. The minimum Gasteiger partial charge on any atom is -0.326 e. The lowest BCUT2D eigenvalue weighted by molar-refractivity contribution is -0.121. The van der Waals surface area contributed by atoms with Crippen LogP contribution in [0.15, 0.2) is 18.2 Å². The zero-order valence-corrected chi connectivity index (χ0v) is 12.2. The number of rotatable bonds is 3. The molecule has 1 aromatic rings. The number of anilines is 1. The molecular weight excluding hydrogens is 327 g/mol. The average molecular weight is 344 g/mol. The van der Waals surface area contributed by atoms with Crippen LogP contribution >= 0.6 is 22.6 Å². The normalized spacial score (nSPS) is 17.4. The summed E-state index contributed by atoms with van der Waals surface area (Å²) < 4.78 is 1.19. The van der Waals surface area contributed by atoms with Crippen molar-refractivity contribution in [2.45, 2.75) is 13.8 Å². The van der Waals surface area contributed by atoms with Gasteiger partial charge in [0.2, 0.25) is 5.91 Å². The first-order valence-corrected chi connectivity index (χ1v) is 6.93. The van der Waals surface area contributed by atoms with Gasteiger partial charge in [0, 0.05) is 15.2 Å². The summed E-state index contributed by atoms with van der Waals surface area (Å²) in [6.07, 6.45) is 0. The van der Waals surface area contributed by atoms with E-state index in [1.807, 2.05) is 26.0 Å². The molecule has 1 fully saturated rings. The van der Waals surface area contributed by atoms with E-state index in [0.717, 1.165) is 24.3 Å². The summed E-state index contributed by atoms with van der Waals surface area (Å²) in [4.78, 5) is 12.0. The molecule has 1 aromatic carbocycles. The predicted molar refractivity (Wildman–Crippen MR) is 78.0 cm³/mol. The fourth-order valence-electron chi connectivity index (χ4n) is 1.89. The van der Waals surface area contributed by atoms with Crippen molar-refractivity contribution >= 4 is 34.2 Å². The van der Waals surface area contributed by atoms with Crippen LogP contribution in [0.25, 0.3) is 0 Å². The molecule has 1 aliphatic heterocycles. The van der Waals surface area contributed by atoms with E-state index < -0.39 is 0 Å². The Labute approximate surface area is 116 Å². The van der Waals surface area contributed by atoms with Crippen molar-refractivity contribution in [3.63, 3.8) is 0 Å². The van der Waals surface area contributed by atoms with Gasteiger partial charge in [-0.3, -0.25) is 4.79 Å². The predicted octanol–water partition coefficient (Wildman–Crippen LogP) is 2.39. The van der Waals surface area contributed by atoms with Crippen molar-refractivity contribution in [2.75, 3.05) is 18.4 Å². The Kier molecular flexibility index (Phi) is 4.04. The van der Waals surface area contributed by atoms with Crippen molar-refractivity contribution in [3.8, 4) is 0 Å². The largest absolute Gasteiger partial charge is 0.326 e. The van der Waals surface area contributed by atoms with Crippen LogP contribution in [0.2, 0.25) is 0 Å². The first kappa shape index (κ1) is 12.8. The molecule has 2 N–H and O–H groups in total. The third kappa shape index (κ3) is 2.98. The van der Waals surface area contributed by atoms with Gasteiger partial charge < -0.3 is 10.6 Å². The van der Waals surface area contributed by atoms with Crippen molar-refractivity contribution < 1.29 is 4.79 Å². The molecule has 1 unspecified atom stereocenters. The van der Waals surface area contributed by atoms with Crippen LogP contribution < -0.4 is 10.6 Å². The van der Waals surface area contributed by atoms with E-state index in [9.17, 15) is 4.79 Å². The second kappa shape index (κ2) is 5.35. The van der Waals surface area contributed by atoms with Gasteiger partial charge in [0.15, 0.2) is 0 Å². The number of amides is 1. The van der Waals surface area contributed by atoms with E-state index in [1.165, 1.54) is 3.57 Å². The summed E-state index contributed by atoms with van der Waals surface area (Å²) in [5.41, 5.74) is 2.04. The Morgan fingerprint density at radius 3 is 2.76 bits per heavy atom. The third-order valence-electron chi connectivity index (χ3n) is 3.38. The molecule has 1 heterocycles. The number of benzene rings is 1. The monoisotopic (exact) mass is 344 g/mol. The quantitative estimate of drug-likeness (QED) is 0.827. The number of hydrogen-bond donors (Lipinski definition) is 2. The average Bonchev–Trinajstić information content (AvgIpc) is 2.19. The van der Waals surface area contributed by atoms with Crippen molar-refractivity contribution in [2.24, 2.45) is 11.8 Å². The van der Waals surface area contributed by atoms with E-state index in [1.54, 1.807) is 0 Å². The van der Waals surface area contributed by atoms with E-state index in [0.29, 0.717) is 5.92 Å². The van der Waals surface area contributed by atoms with Gasteiger partial charge in [-0.05, 0) is 72.3 Å². The molecule has 1 aliphatic rings. The van der Waals surface area contributed by atoms with Gasteiger partial charge in [-0.1, -0.05) is 6.92 Å². The highest BCUT2D eigenvalue weighted by atomic mass is 127. The molecule has 4 heteroatoms. The first-order chi connectivity index (χ1) is 8.08. The van der Waals surface area contributed by atoms with E-state index in [4.69, 9.17) is 0 Å². The number of hydrogen-bond acceptors (Lipinski definition) is 2. The minimum absolute atomic E-state index is 0.0786. The summed E-state index contributed by atoms with van der Waals surface area (Å²) in [6.45, 7) is 5.94. The lowest BCUT2D eigenvalue weighted by Crippen LogP contribution is -2.48. The van der Waals surface area contributed by atoms with Crippen molar-refractivity contribution in [1.29, 1.82) is 0 Å². The highest BCUT2D eigenvalue weighted by Gasteiger charge is 2.28. The van der Waals surface area contributed by atoms with Gasteiger partial charge >= 0.3 is 0 Å². The van der Waals surface area contributed by atoms with Crippen LogP contribution in [0.3, 0.4) is 0 Å². The highest BCUT2D eigenvalue weighted by molar-refractivity contribution is 14.1. The molecule has 1 atom stereocenters. The maximum absolute atomic E-state index is 12.0. The molecular formula is C13H17IN2O. The van der Waals surface area contributed by atoms with E-state index in [-0.39, 0.29) is 11.8 Å². The van der Waals surface area contributed by atoms with Gasteiger partial charge in [-0.2, -0.15) is 0 Å². The van der Waals surface area contributed by atoms with Crippen LogP contribution in [-0.4, -0.2) is 19.0 Å². The summed E-state index contributed by atoms with van der Waals surface area (Å²) in [5.74, 6) is 0.690. The third-order valence-corrected chi connectivity index (χ3v) is 4.05. The van der Waals surface area contributed by atoms with E-state index in [2.05, 4.69) is 39.3 Å². The van der Waals surface area contributed by atoms with E-state index >= 15 is 0 Å². The first-order valence-electron chi connectivity index (χ1n) is 5.85. The topological polar surface area (TPSA) is 41.1 Å². The van der Waals surface area contributed by atoms with Gasteiger partial charge in [0.1, 0.15) is 0 Å². The Morgan fingerprint density at radius 2 is 2.24 bits per heavy atom. The second-order valence-electron chi connectivity index (χ2n) is 4.66. The van der Waals surface area contributed by atoms with Gasteiger partial charge in [0.25, 0.3) is 0 Å². The Balaban J connectivity index is 2.02. The lowest BCUT2D eigenvalue weighted by atomic mass is 9.88. The van der Waals surface area contributed by atoms with Crippen LogP contribution in [0.5, 0.6) is 0 Å². The number of carbonyl (C=O) groups is 1. The molecule has 92 valence electrons. The van der Waals surface area contributed by atoms with Gasteiger partial charge in [0.05, 0.1) is 0 Å². The molecule has 1 amide bonds. The smallest absolute Gasteiger partial charge is 0.227 e. The van der Waals surface area contributed by atoms with Crippen LogP contribution in [0, 0.1) is 22.3 Å². The maximum Gasteiger partial charge on any atom is 0.227 e. The minimum atomic E-state index is 0.0786. The zero-order chi connectivity index (χ0) is 12.4. The fraction of sp³-hybridized carbons (Fsp3) is 0.462. The molecule has 0 aliphatic carbocycles. The molecule has 1 saturated heterocycles. The standard InChI is InChI=1S/C13H17IN2O/c1-8-5-11(14)3-4-12(8)16-13(17)9(2)10-6-15-7-10/h3-5,9-10,15H,6-7H2,1-2H3,(H,16,17). The molecule has 0 spiro atoms. The van der Waals surface area contributed by atoms with Crippen molar-refractivity contribution in [3.05, 3.63) is 27.3 Å². The fourth-order valence-corrected chi connectivity index (χ4v) is 2.54. The number of halogens is 1. The Hall–Kier alpha value is -0.620. The summed E-state index contributed by atoms with van der Waals surface area (Å²) >= 11 is 2.27. The summed E-state index contributed by atoms with van der Waals surface area (Å²) in [7, 11) is 0. The lowest BCUT2D eigenvalue weighted by Gasteiger charge is -2.31. The molecule has 0 radical (unpaired) electrons. The van der Waals surface area contributed by atoms with Crippen LogP contribution in [-0.2, 0) is 4.79 Å². The molecule has 0 bridgehead atoms. The molecule has 17 heavy (non-hydrogen) atoms. The second-order valence-corrected chi connectivity index (χ2v) is 5.90. The number of carbonyl (C=O) groups excluding carboxylic acids is 1. The highest BCUT2D eigenvalue weighted by Crippen LogP contribution is 2.21. The van der Waals surface area contributed by atoms with Crippen molar-refractivity contribution in [1.82, 2.24) is 5.32 Å². The zero-order valence-electron chi connectivity index (χ0n) is 10.1. The van der Waals surface area contributed by atoms with Crippen LogP contribution in [0.4, 0.5) is 5.69 Å². The van der Waals surface area contributed by atoms with Gasteiger partial charge in [-0.15, -0.1) is 0 Å². The Morgan fingerprint density at radius 1 is 1.53 bits per heavy atom. The number of aryl methyl sites for hydroxylation is 1. The molecule has 3 nitrogen and oxygen atoms in total. The Bertz CT molecular complexity index is 429. The molecule has 0 saturated carbocycles. The number of nitrogens with one attached hydrogen (secondary N) is 2. The maximum atomic E-state index is 12.0. The molecule has 2 rings (SSSR count).